The van der Waals surface area contributed by atoms with Crippen LogP contribution in [0.4, 0.5) is 11.4 Å². The van der Waals surface area contributed by atoms with Crippen molar-refractivity contribution in [3.8, 4) is 11.4 Å². The van der Waals surface area contributed by atoms with Crippen molar-refractivity contribution in [2.45, 2.75) is 37.5 Å². The number of hydrogen-bond acceptors (Lipinski definition) is 4. The quantitative estimate of drug-likeness (QED) is 0.411. The summed E-state index contributed by atoms with van der Waals surface area (Å²) in [5.41, 5.74) is 7.04. The predicted octanol–water partition coefficient (Wildman–Crippen LogP) is 4.78. The smallest absolute Gasteiger partial charge is 0.159 e. The van der Waals surface area contributed by atoms with Crippen LogP contribution in [-0.4, -0.2) is 28.0 Å². The van der Waals surface area contributed by atoms with E-state index in [1.54, 1.807) is 6.33 Å². The van der Waals surface area contributed by atoms with Gasteiger partial charge in [-0.1, -0.05) is 74.5 Å². The lowest BCUT2D eigenvalue weighted by Gasteiger charge is -2.51. The number of nitrogens with zero attached hydrogens (tertiary/aromatic N) is 5. The molecule has 0 amide bonds. The monoisotopic (exact) mass is 419 g/mol. The van der Waals surface area contributed by atoms with E-state index >= 15 is 0 Å². The Hall–Kier alpha value is -3.60. The topological polar surface area (TPSA) is 37.2 Å². The highest BCUT2D eigenvalue weighted by molar-refractivity contribution is 5.81. The zero-order chi connectivity index (χ0) is 21.7. The summed E-state index contributed by atoms with van der Waals surface area (Å²) < 4.78 is 2.22. The molecule has 1 aromatic heterocycles. The van der Waals surface area contributed by atoms with E-state index in [-0.39, 0.29) is 11.6 Å². The maximum absolute atomic E-state index is 4.91. The third kappa shape index (κ3) is 1.83. The molecule has 0 radical (unpaired) electrons. The molecular formula is C27H25N5. The van der Waals surface area contributed by atoms with E-state index < -0.39 is 5.54 Å². The van der Waals surface area contributed by atoms with Crippen LogP contribution in [-0.2, 0) is 17.5 Å². The standard InChI is InChI=1S/C27H25N5/c1-26(2)20-12-6-4-10-18(20)16-31-23-15-9-8-14-22(23)30(3)25(31)27(26)21-13-7-5-11-19(21)24-28-17-29-32(24)27/h4-15,17,25H,16H2,1-3H3. The first-order valence-electron chi connectivity index (χ1n) is 11.2. The fourth-order valence-corrected chi connectivity index (χ4v) is 6.79. The Bertz CT molecular complexity index is 1390. The van der Waals surface area contributed by atoms with Crippen LogP contribution in [0.2, 0.25) is 0 Å². The summed E-state index contributed by atoms with van der Waals surface area (Å²) in [7, 11) is 2.23. The Kier molecular flexibility index (Phi) is 3.26. The average Bonchev–Trinajstić information content (AvgIpc) is 3.45. The average molecular weight is 420 g/mol. The minimum absolute atomic E-state index is 0.0476. The Morgan fingerprint density at radius 1 is 0.844 bits per heavy atom. The fourth-order valence-electron chi connectivity index (χ4n) is 6.79. The summed E-state index contributed by atoms with van der Waals surface area (Å²) in [6.45, 7) is 5.64. The van der Waals surface area contributed by atoms with Crippen molar-refractivity contribution < 1.29 is 0 Å². The third-order valence-corrected chi connectivity index (χ3v) is 8.05. The Morgan fingerprint density at radius 3 is 2.38 bits per heavy atom. The van der Waals surface area contributed by atoms with Crippen molar-refractivity contribution >= 4 is 11.4 Å². The van der Waals surface area contributed by atoms with Crippen molar-refractivity contribution in [3.63, 3.8) is 0 Å². The lowest BCUT2D eigenvalue weighted by Crippen LogP contribution is -2.65. The normalized spacial score (nSPS) is 23.9. The maximum Gasteiger partial charge on any atom is 0.159 e. The highest BCUT2D eigenvalue weighted by Gasteiger charge is 2.65. The molecule has 7 rings (SSSR count). The number of hydrogen-bond donors (Lipinski definition) is 0. The van der Waals surface area contributed by atoms with Gasteiger partial charge in [-0.05, 0) is 28.8 Å². The highest BCUT2D eigenvalue weighted by Crippen LogP contribution is 2.61. The summed E-state index contributed by atoms with van der Waals surface area (Å²) in [6.07, 6.45) is 1.76. The molecule has 0 fully saturated rings. The van der Waals surface area contributed by atoms with Gasteiger partial charge in [-0.15, -0.1) is 0 Å². The Labute approximate surface area is 187 Å². The van der Waals surface area contributed by atoms with Gasteiger partial charge in [-0.25, -0.2) is 9.67 Å². The van der Waals surface area contributed by atoms with Gasteiger partial charge in [-0.2, -0.15) is 5.10 Å². The molecule has 0 bridgehead atoms. The molecule has 0 aliphatic carbocycles. The van der Waals surface area contributed by atoms with Gasteiger partial charge in [-0.3, -0.25) is 0 Å². The van der Waals surface area contributed by atoms with Crippen LogP contribution in [0.15, 0.2) is 79.1 Å². The minimum atomic E-state index is -0.462. The number of rotatable bonds is 0. The third-order valence-electron chi connectivity index (χ3n) is 8.05. The maximum atomic E-state index is 4.91. The van der Waals surface area contributed by atoms with E-state index in [1.165, 1.54) is 33.6 Å². The van der Waals surface area contributed by atoms with Crippen LogP contribution >= 0.6 is 0 Å². The largest absolute Gasteiger partial charge is 0.350 e. The van der Waals surface area contributed by atoms with Gasteiger partial charge >= 0.3 is 0 Å². The number of likely N-dealkylation sites (N-methyl/N-ethyl adjacent to an activating group) is 1. The van der Waals surface area contributed by atoms with Gasteiger partial charge in [0.25, 0.3) is 0 Å². The summed E-state index contributed by atoms with van der Waals surface area (Å²) in [5.74, 6) is 0.956. The molecule has 158 valence electrons. The molecule has 2 atom stereocenters. The minimum Gasteiger partial charge on any atom is -0.350 e. The highest BCUT2D eigenvalue weighted by atomic mass is 15.5. The SMILES string of the molecule is CN1c2ccccc2N2Cc3ccccc3C(C)(C)C3(c4ccccc4-c4ncnn43)C12. The lowest BCUT2D eigenvalue weighted by molar-refractivity contribution is 0.157. The van der Waals surface area contributed by atoms with E-state index in [0.29, 0.717) is 0 Å². The van der Waals surface area contributed by atoms with Gasteiger partial charge in [0.15, 0.2) is 5.82 Å². The summed E-state index contributed by atoms with van der Waals surface area (Å²) in [5, 5.41) is 4.91. The second kappa shape index (κ2) is 5.80. The van der Waals surface area contributed by atoms with Gasteiger partial charge in [0.1, 0.15) is 18.0 Å². The van der Waals surface area contributed by atoms with Gasteiger partial charge in [0.05, 0.1) is 11.4 Å². The molecule has 1 spiro atoms. The van der Waals surface area contributed by atoms with Gasteiger partial charge in [0.2, 0.25) is 0 Å². The molecule has 5 nitrogen and oxygen atoms in total. The molecule has 4 aromatic rings. The molecule has 0 N–H and O–H groups in total. The van der Waals surface area contributed by atoms with E-state index in [4.69, 9.17) is 10.1 Å². The summed E-state index contributed by atoms with van der Waals surface area (Å²) in [6, 6.07) is 26.5. The van der Waals surface area contributed by atoms with Crippen molar-refractivity contribution in [1.82, 2.24) is 14.8 Å². The molecular weight excluding hydrogens is 394 g/mol. The van der Waals surface area contributed by atoms with Crippen LogP contribution in [0.3, 0.4) is 0 Å². The zero-order valence-corrected chi connectivity index (χ0v) is 18.5. The lowest BCUT2D eigenvalue weighted by atomic mass is 9.62. The molecule has 0 saturated heterocycles. The molecule has 3 aliphatic rings. The molecule has 4 heterocycles. The Morgan fingerprint density at radius 2 is 1.53 bits per heavy atom. The van der Waals surface area contributed by atoms with E-state index in [1.807, 2.05) is 0 Å². The first-order valence-corrected chi connectivity index (χ1v) is 11.2. The number of para-hydroxylation sites is 2. The zero-order valence-electron chi connectivity index (χ0n) is 18.5. The molecule has 5 heteroatoms. The van der Waals surface area contributed by atoms with Crippen LogP contribution in [0.25, 0.3) is 11.4 Å². The van der Waals surface area contributed by atoms with Crippen molar-refractivity contribution in [2.24, 2.45) is 0 Å². The summed E-state index contributed by atoms with van der Waals surface area (Å²) in [4.78, 5) is 9.78. The van der Waals surface area contributed by atoms with Crippen LogP contribution < -0.4 is 9.80 Å². The van der Waals surface area contributed by atoms with Gasteiger partial charge < -0.3 is 9.80 Å². The number of anilines is 2. The number of fused-ring (bicyclic) bond motifs is 10. The van der Waals surface area contributed by atoms with Crippen molar-refractivity contribution in [3.05, 3.63) is 95.8 Å². The van der Waals surface area contributed by atoms with Crippen LogP contribution in [0.5, 0.6) is 0 Å². The number of aromatic nitrogens is 3. The van der Waals surface area contributed by atoms with Crippen LogP contribution in [0.1, 0.15) is 30.5 Å². The predicted molar refractivity (Wildman–Crippen MR) is 127 cm³/mol. The molecule has 2 unspecified atom stereocenters. The first-order chi connectivity index (χ1) is 15.6. The van der Waals surface area contributed by atoms with Crippen molar-refractivity contribution in [2.75, 3.05) is 16.8 Å². The molecule has 0 saturated carbocycles. The second-order valence-corrected chi connectivity index (χ2v) is 9.69. The molecule has 3 aliphatic heterocycles. The number of benzene rings is 3. The van der Waals surface area contributed by atoms with E-state index in [0.717, 1.165) is 12.4 Å². The first kappa shape index (κ1) is 18.0. The Balaban J connectivity index is 1.66. The van der Waals surface area contributed by atoms with Crippen LogP contribution in [0, 0.1) is 0 Å². The fraction of sp³-hybridized carbons (Fsp3) is 0.259. The molecule has 3 aromatic carbocycles. The van der Waals surface area contributed by atoms with Gasteiger partial charge in [0, 0.05) is 24.6 Å². The van der Waals surface area contributed by atoms with E-state index in [9.17, 15) is 0 Å². The molecule has 32 heavy (non-hydrogen) atoms. The van der Waals surface area contributed by atoms with Crippen molar-refractivity contribution in [1.29, 1.82) is 0 Å². The van der Waals surface area contributed by atoms with E-state index in [2.05, 4.69) is 108 Å². The summed E-state index contributed by atoms with van der Waals surface area (Å²) >= 11 is 0. The second-order valence-electron chi connectivity index (χ2n) is 9.69.